The van der Waals surface area contributed by atoms with E-state index in [0.29, 0.717) is 0 Å². The second-order valence-corrected chi connectivity index (χ2v) is 4.72. The van der Waals surface area contributed by atoms with Crippen molar-refractivity contribution in [3.8, 4) is 0 Å². The molecule has 0 aliphatic heterocycles. The molecule has 17 heavy (non-hydrogen) atoms. The highest BCUT2D eigenvalue weighted by molar-refractivity contribution is 5.38. The lowest BCUT2D eigenvalue weighted by molar-refractivity contribution is 0.0491. The second kappa shape index (κ2) is 6.18. The van der Waals surface area contributed by atoms with Crippen LogP contribution < -0.4 is 5.32 Å². The number of likely N-dealkylation sites (N-methyl/N-ethyl adjacent to an activating group) is 1. The summed E-state index contributed by atoms with van der Waals surface area (Å²) in [5.41, 5.74) is 5.37. The van der Waals surface area contributed by atoms with E-state index >= 15 is 0 Å². The second-order valence-electron chi connectivity index (χ2n) is 4.72. The molecule has 0 aliphatic carbocycles. The monoisotopic (exact) mass is 235 g/mol. The lowest BCUT2D eigenvalue weighted by atomic mass is 9.93. The van der Waals surface area contributed by atoms with Crippen LogP contribution in [-0.4, -0.2) is 19.8 Å². The molecule has 2 heteroatoms. The summed E-state index contributed by atoms with van der Waals surface area (Å²) >= 11 is 0. The molecule has 1 aromatic carbocycles. The molecule has 0 amide bonds. The van der Waals surface area contributed by atoms with Gasteiger partial charge in [0.1, 0.15) is 0 Å². The highest BCUT2D eigenvalue weighted by Gasteiger charge is 2.19. The Labute approximate surface area is 105 Å². The maximum absolute atomic E-state index is 5.71. The van der Waals surface area contributed by atoms with Gasteiger partial charge in [0.25, 0.3) is 0 Å². The lowest BCUT2D eigenvalue weighted by Gasteiger charge is -2.26. The van der Waals surface area contributed by atoms with Crippen LogP contribution in [0.4, 0.5) is 0 Å². The fourth-order valence-electron chi connectivity index (χ4n) is 2.32. The minimum atomic E-state index is 0.186. The summed E-state index contributed by atoms with van der Waals surface area (Å²) in [4.78, 5) is 0. The van der Waals surface area contributed by atoms with Crippen LogP contribution in [0.5, 0.6) is 0 Å². The van der Waals surface area contributed by atoms with E-state index in [4.69, 9.17) is 4.74 Å². The van der Waals surface area contributed by atoms with Crippen molar-refractivity contribution in [2.75, 3.05) is 13.7 Å². The number of benzene rings is 1. The van der Waals surface area contributed by atoms with E-state index in [1.807, 2.05) is 14.0 Å². The molecule has 0 spiro atoms. The predicted octanol–water partition coefficient (Wildman–Crippen LogP) is 3.30. The van der Waals surface area contributed by atoms with Gasteiger partial charge in [-0.25, -0.2) is 0 Å². The van der Waals surface area contributed by atoms with Crippen molar-refractivity contribution in [2.24, 2.45) is 0 Å². The molecule has 96 valence electrons. The molecule has 1 N–H and O–H groups in total. The third kappa shape index (κ3) is 3.30. The Hall–Kier alpha value is -0.860. The summed E-state index contributed by atoms with van der Waals surface area (Å²) in [7, 11) is 1.99. The van der Waals surface area contributed by atoms with Crippen molar-refractivity contribution in [2.45, 2.75) is 46.8 Å². The Morgan fingerprint density at radius 3 is 2.24 bits per heavy atom. The van der Waals surface area contributed by atoms with Gasteiger partial charge in [0, 0.05) is 6.61 Å². The van der Waals surface area contributed by atoms with Crippen molar-refractivity contribution in [1.29, 1.82) is 0 Å². The number of nitrogens with one attached hydrogen (secondary N) is 1. The quantitative estimate of drug-likeness (QED) is 0.845. The molecule has 0 heterocycles. The van der Waals surface area contributed by atoms with Crippen LogP contribution >= 0.6 is 0 Å². The van der Waals surface area contributed by atoms with Gasteiger partial charge in [-0.05, 0) is 63.9 Å². The van der Waals surface area contributed by atoms with Gasteiger partial charge in [0.2, 0.25) is 0 Å². The largest absolute Gasteiger partial charge is 0.377 e. The van der Waals surface area contributed by atoms with E-state index in [-0.39, 0.29) is 12.1 Å². The molecule has 0 bridgehead atoms. The van der Waals surface area contributed by atoms with Crippen LogP contribution in [0.3, 0.4) is 0 Å². The molecule has 0 radical (unpaired) electrons. The molecule has 2 atom stereocenters. The van der Waals surface area contributed by atoms with E-state index < -0.39 is 0 Å². The summed E-state index contributed by atoms with van der Waals surface area (Å²) in [6.07, 6.45) is 0.186. The van der Waals surface area contributed by atoms with Crippen LogP contribution in [0.2, 0.25) is 0 Å². The Morgan fingerprint density at radius 2 is 1.71 bits per heavy atom. The van der Waals surface area contributed by atoms with Crippen LogP contribution in [-0.2, 0) is 4.74 Å². The van der Waals surface area contributed by atoms with Gasteiger partial charge in [0.15, 0.2) is 0 Å². The maximum Gasteiger partial charge on any atom is 0.0741 e. The summed E-state index contributed by atoms with van der Waals surface area (Å²) in [5, 5.41) is 3.37. The standard InChI is InChI=1S/C15H25NO/c1-7-17-13(5)15(16-6)14-9-11(3)10(2)8-12(14)4/h8-9,13,15-16H,7H2,1-6H3. The van der Waals surface area contributed by atoms with Crippen LogP contribution in [0.1, 0.15) is 42.1 Å². The van der Waals surface area contributed by atoms with Crippen molar-refractivity contribution in [1.82, 2.24) is 5.32 Å². The SMILES string of the molecule is CCOC(C)C(NC)c1cc(C)c(C)cc1C. The summed E-state index contributed by atoms with van der Waals surface area (Å²) in [6, 6.07) is 4.80. The summed E-state index contributed by atoms with van der Waals surface area (Å²) < 4.78 is 5.71. The normalized spacial score (nSPS) is 14.7. The summed E-state index contributed by atoms with van der Waals surface area (Å²) in [5.74, 6) is 0. The van der Waals surface area contributed by atoms with E-state index in [2.05, 4.69) is 45.1 Å². The predicted molar refractivity (Wildman–Crippen MR) is 73.5 cm³/mol. The Morgan fingerprint density at radius 1 is 1.12 bits per heavy atom. The number of hydrogen-bond acceptors (Lipinski definition) is 2. The molecule has 1 rings (SSSR count). The first-order valence-corrected chi connectivity index (χ1v) is 6.37. The molecule has 0 aromatic heterocycles. The topological polar surface area (TPSA) is 21.3 Å². The van der Waals surface area contributed by atoms with E-state index in [1.54, 1.807) is 0 Å². The first-order chi connectivity index (χ1) is 8.01. The molecule has 0 aliphatic rings. The van der Waals surface area contributed by atoms with E-state index in [9.17, 15) is 0 Å². The molecule has 0 saturated carbocycles. The molecule has 0 fully saturated rings. The van der Waals surface area contributed by atoms with Gasteiger partial charge in [-0.1, -0.05) is 12.1 Å². The smallest absolute Gasteiger partial charge is 0.0741 e. The summed E-state index contributed by atoms with van der Waals surface area (Å²) in [6.45, 7) is 11.4. The van der Waals surface area contributed by atoms with Gasteiger partial charge < -0.3 is 10.1 Å². The number of ether oxygens (including phenoxy) is 1. The van der Waals surface area contributed by atoms with E-state index in [0.717, 1.165) is 6.61 Å². The van der Waals surface area contributed by atoms with Crippen molar-refractivity contribution < 1.29 is 4.74 Å². The van der Waals surface area contributed by atoms with Gasteiger partial charge in [-0.2, -0.15) is 0 Å². The Bertz CT molecular complexity index is 373. The lowest BCUT2D eigenvalue weighted by Crippen LogP contribution is -2.30. The fraction of sp³-hybridized carbons (Fsp3) is 0.600. The third-order valence-electron chi connectivity index (χ3n) is 3.43. The van der Waals surface area contributed by atoms with Gasteiger partial charge in [-0.15, -0.1) is 0 Å². The fourth-order valence-corrected chi connectivity index (χ4v) is 2.32. The number of hydrogen-bond donors (Lipinski definition) is 1. The highest BCUT2D eigenvalue weighted by atomic mass is 16.5. The number of aryl methyl sites for hydroxylation is 3. The van der Waals surface area contributed by atoms with Gasteiger partial charge >= 0.3 is 0 Å². The van der Waals surface area contributed by atoms with Gasteiger partial charge in [-0.3, -0.25) is 0 Å². The first kappa shape index (κ1) is 14.2. The maximum atomic E-state index is 5.71. The minimum absolute atomic E-state index is 0.186. The number of rotatable bonds is 5. The molecule has 0 saturated heterocycles. The molecule has 2 unspecified atom stereocenters. The van der Waals surface area contributed by atoms with Gasteiger partial charge in [0.05, 0.1) is 12.1 Å². The van der Waals surface area contributed by atoms with Crippen LogP contribution in [0.25, 0.3) is 0 Å². The first-order valence-electron chi connectivity index (χ1n) is 6.37. The van der Waals surface area contributed by atoms with Crippen LogP contribution in [0, 0.1) is 20.8 Å². The van der Waals surface area contributed by atoms with Crippen molar-refractivity contribution in [3.63, 3.8) is 0 Å². The zero-order valence-corrected chi connectivity index (χ0v) is 11.9. The zero-order valence-electron chi connectivity index (χ0n) is 11.9. The average Bonchev–Trinajstić information content (AvgIpc) is 2.26. The molecule has 2 nitrogen and oxygen atoms in total. The minimum Gasteiger partial charge on any atom is -0.377 e. The average molecular weight is 235 g/mol. The zero-order chi connectivity index (χ0) is 13.0. The molecule has 1 aromatic rings. The van der Waals surface area contributed by atoms with Crippen molar-refractivity contribution >= 4 is 0 Å². The van der Waals surface area contributed by atoms with Crippen molar-refractivity contribution in [3.05, 3.63) is 34.4 Å². The van der Waals surface area contributed by atoms with Crippen LogP contribution in [0.15, 0.2) is 12.1 Å². The Balaban J connectivity index is 3.07. The third-order valence-corrected chi connectivity index (χ3v) is 3.43. The highest BCUT2D eigenvalue weighted by Crippen LogP contribution is 2.25. The molecular weight excluding hydrogens is 210 g/mol. The Kier molecular flexibility index (Phi) is 5.16. The van der Waals surface area contributed by atoms with E-state index in [1.165, 1.54) is 22.3 Å². The molecular formula is C15H25NO.